The molecule has 4 rings (SSSR count). The van der Waals surface area contributed by atoms with Crippen LogP contribution in [0.25, 0.3) is 22.3 Å². The molecule has 0 bridgehead atoms. The van der Waals surface area contributed by atoms with Gasteiger partial charge in [-0.25, -0.2) is 0 Å². The van der Waals surface area contributed by atoms with Gasteiger partial charge in [0.05, 0.1) is 11.2 Å². The van der Waals surface area contributed by atoms with Gasteiger partial charge in [0.2, 0.25) is 0 Å². The van der Waals surface area contributed by atoms with Crippen molar-refractivity contribution < 1.29 is 9.31 Å². The second-order valence-corrected chi connectivity index (χ2v) is 19.1. The summed E-state index contributed by atoms with van der Waals surface area (Å²) in [4.78, 5) is 0. The van der Waals surface area contributed by atoms with Crippen molar-refractivity contribution in [3.8, 4) is 22.3 Å². The molecule has 4 heteroatoms. The highest BCUT2D eigenvalue weighted by Crippen LogP contribution is 2.38. The minimum absolute atomic E-state index is 0.392. The lowest BCUT2D eigenvalue weighted by Crippen LogP contribution is -2.41. The summed E-state index contributed by atoms with van der Waals surface area (Å²) >= 11 is 3.87. The fourth-order valence-electron chi connectivity index (χ4n) is 8.36. The maximum Gasteiger partial charge on any atom is 0.495 e. The van der Waals surface area contributed by atoms with Gasteiger partial charge in [-0.3, -0.25) is 0 Å². The van der Waals surface area contributed by atoms with E-state index < -0.39 is 18.3 Å². The fraction of sp³-hybridized carbons (Fsp3) is 0.654. The van der Waals surface area contributed by atoms with Gasteiger partial charge in [-0.2, -0.15) is 0 Å². The van der Waals surface area contributed by atoms with Crippen LogP contribution in [0.4, 0.5) is 0 Å². The number of hydrogen-bond donors (Lipinski definition) is 0. The monoisotopic (exact) mass is 827 g/mol. The second-order valence-electron chi connectivity index (χ2n) is 18.2. The Hall–Kier alpha value is -1.88. The minimum Gasteiger partial charge on any atom is -0.399 e. The van der Waals surface area contributed by atoms with E-state index in [2.05, 4.69) is 118 Å². The number of rotatable bonds is 29. The van der Waals surface area contributed by atoms with Gasteiger partial charge < -0.3 is 9.31 Å². The normalized spacial score (nSPS) is 14.9. The van der Waals surface area contributed by atoms with Crippen LogP contribution < -0.4 is 5.46 Å². The van der Waals surface area contributed by atoms with Gasteiger partial charge in [0.1, 0.15) is 0 Å². The molecule has 1 heterocycles. The molecule has 56 heavy (non-hydrogen) atoms. The van der Waals surface area contributed by atoms with Crippen molar-refractivity contribution in [2.45, 2.75) is 220 Å². The van der Waals surface area contributed by atoms with Crippen LogP contribution >= 0.6 is 15.9 Å². The SMILES string of the molecule is CCCCCCCCCCCCCCc1cc(Br)cc(-c2ccc(B3OC(C)(C)C(C)(C)O3)c(-c3cccc(CCCCCCCCCCCCCC)c3)c2)c1. The predicted molar refractivity (Wildman–Crippen MR) is 250 cm³/mol. The van der Waals surface area contributed by atoms with E-state index >= 15 is 0 Å². The fourth-order valence-corrected chi connectivity index (χ4v) is 8.90. The van der Waals surface area contributed by atoms with E-state index in [9.17, 15) is 0 Å². The molecule has 310 valence electrons. The zero-order chi connectivity index (χ0) is 40.1. The highest BCUT2D eigenvalue weighted by Gasteiger charge is 2.52. The smallest absolute Gasteiger partial charge is 0.399 e. The third-order valence-corrected chi connectivity index (χ3v) is 13.2. The molecule has 2 nitrogen and oxygen atoms in total. The molecule has 0 aliphatic carbocycles. The van der Waals surface area contributed by atoms with Crippen LogP contribution in [0.5, 0.6) is 0 Å². The molecular formula is C52H80BBrO2. The molecule has 0 aromatic heterocycles. The summed E-state index contributed by atoms with van der Waals surface area (Å²) < 4.78 is 14.5. The molecule has 0 N–H and O–H groups in total. The summed E-state index contributed by atoms with van der Waals surface area (Å²) in [5.41, 5.74) is 8.14. The lowest BCUT2D eigenvalue weighted by molar-refractivity contribution is 0.00578. The molecule has 0 saturated carbocycles. The van der Waals surface area contributed by atoms with Crippen molar-refractivity contribution >= 4 is 28.5 Å². The molecule has 0 radical (unpaired) electrons. The summed E-state index contributed by atoms with van der Waals surface area (Å²) in [6.45, 7) is 13.2. The third-order valence-electron chi connectivity index (χ3n) is 12.7. The summed E-state index contributed by atoms with van der Waals surface area (Å²) in [7, 11) is -0.409. The molecule has 1 fully saturated rings. The first kappa shape index (κ1) is 46.8. The van der Waals surface area contributed by atoms with Crippen molar-refractivity contribution in [1.29, 1.82) is 0 Å². The standard InChI is InChI=1S/C52H80BBrO2/c1-7-9-11-13-15-17-19-21-23-25-27-29-32-43-34-31-35-46(38-43)49-42-45(36-37-50(49)53-55-51(3,4)52(5,6)56-53)47-39-44(40-48(54)41-47)33-30-28-26-24-22-20-18-16-14-12-10-8-2/h31,34-42H,7-30,32-33H2,1-6H3. The number of benzene rings is 3. The zero-order valence-corrected chi connectivity index (χ0v) is 38.5. The molecule has 0 unspecified atom stereocenters. The Morgan fingerprint density at radius 2 is 0.893 bits per heavy atom. The molecular weight excluding hydrogens is 747 g/mol. The Balaban J connectivity index is 1.37. The van der Waals surface area contributed by atoms with Gasteiger partial charge in [0, 0.05) is 4.47 Å². The summed E-state index contributed by atoms with van der Waals surface area (Å²) in [5, 5.41) is 0. The average molecular weight is 828 g/mol. The molecule has 0 amide bonds. The van der Waals surface area contributed by atoms with E-state index in [0.29, 0.717) is 0 Å². The summed E-state index contributed by atoms with van der Waals surface area (Å²) in [5.74, 6) is 0. The highest BCUT2D eigenvalue weighted by atomic mass is 79.9. The maximum atomic E-state index is 6.65. The molecule has 3 aromatic carbocycles. The van der Waals surface area contributed by atoms with Crippen LogP contribution in [-0.2, 0) is 22.2 Å². The summed E-state index contributed by atoms with van der Waals surface area (Å²) in [6, 6.07) is 23.2. The average Bonchev–Trinajstić information content (AvgIpc) is 3.40. The maximum absolute atomic E-state index is 6.65. The van der Waals surface area contributed by atoms with Crippen molar-refractivity contribution in [3.05, 3.63) is 76.3 Å². The predicted octanol–water partition coefficient (Wildman–Crippen LogP) is 16.6. The van der Waals surface area contributed by atoms with E-state index in [0.717, 1.165) is 22.8 Å². The van der Waals surface area contributed by atoms with Crippen LogP contribution in [0.1, 0.15) is 207 Å². The number of hydrogen-bond acceptors (Lipinski definition) is 2. The van der Waals surface area contributed by atoms with E-state index in [4.69, 9.17) is 9.31 Å². The highest BCUT2D eigenvalue weighted by molar-refractivity contribution is 9.10. The zero-order valence-electron chi connectivity index (χ0n) is 36.9. The van der Waals surface area contributed by atoms with Crippen LogP contribution in [-0.4, -0.2) is 18.3 Å². The van der Waals surface area contributed by atoms with Crippen molar-refractivity contribution in [2.75, 3.05) is 0 Å². The van der Waals surface area contributed by atoms with Crippen LogP contribution in [0.2, 0.25) is 0 Å². The van der Waals surface area contributed by atoms with Crippen molar-refractivity contribution in [3.63, 3.8) is 0 Å². The van der Waals surface area contributed by atoms with Crippen molar-refractivity contribution in [2.24, 2.45) is 0 Å². The first-order valence-corrected chi connectivity index (χ1v) is 24.3. The van der Waals surface area contributed by atoms with E-state index in [1.54, 1.807) is 0 Å². The Kier molecular flexibility index (Phi) is 21.4. The Bertz CT molecular complexity index is 1510. The third kappa shape index (κ3) is 16.1. The van der Waals surface area contributed by atoms with Crippen LogP contribution in [0, 0.1) is 0 Å². The van der Waals surface area contributed by atoms with Crippen LogP contribution in [0.15, 0.2) is 65.1 Å². The molecule has 1 saturated heterocycles. The summed E-state index contributed by atoms with van der Waals surface area (Å²) in [6.07, 6.45) is 35.5. The van der Waals surface area contributed by atoms with E-state index in [1.165, 1.54) is 187 Å². The van der Waals surface area contributed by atoms with Crippen LogP contribution in [0.3, 0.4) is 0 Å². The topological polar surface area (TPSA) is 18.5 Å². The number of aryl methyl sites for hydroxylation is 2. The Labute approximate surface area is 354 Å². The molecule has 3 aromatic rings. The Morgan fingerprint density at radius 1 is 0.446 bits per heavy atom. The lowest BCUT2D eigenvalue weighted by atomic mass is 9.73. The van der Waals surface area contributed by atoms with E-state index in [-0.39, 0.29) is 0 Å². The van der Waals surface area contributed by atoms with Gasteiger partial charge in [-0.15, -0.1) is 0 Å². The number of unbranched alkanes of at least 4 members (excludes halogenated alkanes) is 22. The molecule has 0 spiro atoms. The first-order valence-electron chi connectivity index (χ1n) is 23.5. The molecule has 1 aliphatic rings. The minimum atomic E-state index is -0.409. The largest absolute Gasteiger partial charge is 0.495 e. The van der Waals surface area contributed by atoms with Gasteiger partial charge in [-0.05, 0) is 110 Å². The van der Waals surface area contributed by atoms with Gasteiger partial charge in [0.15, 0.2) is 0 Å². The first-order chi connectivity index (χ1) is 27.1. The van der Waals surface area contributed by atoms with Gasteiger partial charge in [-0.1, -0.05) is 214 Å². The molecule has 0 atom stereocenters. The number of halogens is 1. The van der Waals surface area contributed by atoms with Crippen molar-refractivity contribution in [1.82, 2.24) is 0 Å². The van der Waals surface area contributed by atoms with E-state index in [1.807, 2.05) is 0 Å². The lowest BCUT2D eigenvalue weighted by Gasteiger charge is -2.32. The Morgan fingerprint density at radius 3 is 1.39 bits per heavy atom. The second kappa shape index (κ2) is 25.6. The van der Waals surface area contributed by atoms with Gasteiger partial charge in [0.25, 0.3) is 0 Å². The van der Waals surface area contributed by atoms with Gasteiger partial charge >= 0.3 is 7.12 Å². The molecule has 1 aliphatic heterocycles. The quantitative estimate of drug-likeness (QED) is 0.0513.